The van der Waals surface area contributed by atoms with Crippen molar-refractivity contribution in [3.63, 3.8) is 0 Å². The number of rotatable bonds is 7. The predicted molar refractivity (Wildman–Crippen MR) is 101 cm³/mol. The molecule has 2 aromatic carbocycles. The monoisotopic (exact) mass is 355 g/mol. The number of imidazole rings is 1. The van der Waals surface area contributed by atoms with Gasteiger partial charge in [0.15, 0.2) is 5.16 Å². The van der Waals surface area contributed by atoms with Crippen molar-refractivity contribution in [1.29, 1.82) is 0 Å². The second-order valence-corrected chi connectivity index (χ2v) is 6.83. The number of hydrogen-bond acceptors (Lipinski definition) is 4. The molecular formula is C19H21N3O2S. The Hall–Kier alpha value is -2.47. The highest BCUT2D eigenvalue weighted by atomic mass is 32.2. The maximum absolute atomic E-state index is 12.5. The number of carbonyl (C=O) groups excluding carboxylic acids is 1. The van der Waals surface area contributed by atoms with Gasteiger partial charge >= 0.3 is 0 Å². The van der Waals surface area contributed by atoms with E-state index in [0.29, 0.717) is 6.54 Å². The second-order valence-electron chi connectivity index (χ2n) is 5.64. The summed E-state index contributed by atoms with van der Waals surface area (Å²) >= 11 is 1.47. The van der Waals surface area contributed by atoms with E-state index in [9.17, 15) is 4.79 Å². The second kappa shape index (κ2) is 8.07. The number of benzene rings is 2. The maximum atomic E-state index is 12.5. The van der Waals surface area contributed by atoms with Crippen molar-refractivity contribution in [3.8, 4) is 5.75 Å². The molecule has 0 saturated heterocycles. The van der Waals surface area contributed by atoms with Gasteiger partial charge in [0.2, 0.25) is 5.91 Å². The van der Waals surface area contributed by atoms with E-state index in [1.54, 1.807) is 7.11 Å². The Balaban J connectivity index is 1.60. The molecule has 0 radical (unpaired) electrons. The number of aromatic nitrogens is 2. The number of nitrogens with zero attached hydrogens (tertiary/aromatic N) is 1. The quantitative estimate of drug-likeness (QED) is 0.633. The molecule has 130 valence electrons. The molecule has 0 aliphatic rings. The van der Waals surface area contributed by atoms with E-state index in [1.165, 1.54) is 11.8 Å². The lowest BCUT2D eigenvalue weighted by molar-refractivity contribution is -0.120. The first-order chi connectivity index (χ1) is 12.2. The number of fused-ring (bicyclic) bond motifs is 1. The molecule has 3 rings (SSSR count). The molecule has 0 aliphatic carbocycles. The lowest BCUT2D eigenvalue weighted by Gasteiger charge is -2.13. The number of hydrogen-bond donors (Lipinski definition) is 2. The van der Waals surface area contributed by atoms with Crippen LogP contribution in [-0.4, -0.2) is 28.2 Å². The van der Waals surface area contributed by atoms with Gasteiger partial charge in [-0.2, -0.15) is 0 Å². The summed E-state index contributed by atoms with van der Waals surface area (Å²) in [6.45, 7) is 2.51. The minimum Gasteiger partial charge on any atom is -0.497 e. The van der Waals surface area contributed by atoms with Gasteiger partial charge in [-0.3, -0.25) is 4.79 Å². The summed E-state index contributed by atoms with van der Waals surface area (Å²) in [4.78, 5) is 20.3. The van der Waals surface area contributed by atoms with Crippen LogP contribution in [0.4, 0.5) is 0 Å². The summed E-state index contributed by atoms with van der Waals surface area (Å²) in [5, 5.41) is 3.59. The fourth-order valence-corrected chi connectivity index (χ4v) is 3.44. The van der Waals surface area contributed by atoms with Crippen LogP contribution in [0.1, 0.15) is 18.9 Å². The first-order valence-corrected chi connectivity index (χ1v) is 9.09. The molecule has 25 heavy (non-hydrogen) atoms. The van der Waals surface area contributed by atoms with Crippen molar-refractivity contribution in [2.45, 2.75) is 30.3 Å². The zero-order chi connectivity index (χ0) is 17.6. The molecule has 0 fully saturated rings. The lowest BCUT2D eigenvalue weighted by Crippen LogP contribution is -2.31. The van der Waals surface area contributed by atoms with Gasteiger partial charge in [-0.05, 0) is 36.2 Å². The van der Waals surface area contributed by atoms with Crippen LogP contribution >= 0.6 is 11.8 Å². The van der Waals surface area contributed by atoms with Crippen molar-refractivity contribution in [2.75, 3.05) is 7.11 Å². The smallest absolute Gasteiger partial charge is 0.233 e. The Morgan fingerprint density at radius 3 is 2.68 bits per heavy atom. The third-order valence-corrected chi connectivity index (χ3v) is 5.16. The number of H-pyrrole nitrogens is 1. The van der Waals surface area contributed by atoms with Gasteiger partial charge in [0.05, 0.1) is 23.4 Å². The number of carbonyl (C=O) groups is 1. The minimum absolute atomic E-state index is 0.0174. The average Bonchev–Trinajstić information content (AvgIpc) is 3.07. The van der Waals surface area contributed by atoms with Crippen LogP contribution in [0.2, 0.25) is 0 Å². The van der Waals surface area contributed by atoms with Crippen molar-refractivity contribution in [2.24, 2.45) is 0 Å². The molecule has 1 atom stereocenters. The van der Waals surface area contributed by atoms with Crippen molar-refractivity contribution < 1.29 is 9.53 Å². The molecule has 6 heteroatoms. The van der Waals surface area contributed by atoms with Crippen LogP contribution in [0.3, 0.4) is 0 Å². The standard InChI is InChI=1S/C19H21N3O2S/c1-3-17(25-19-21-15-6-4-5-7-16(15)22-19)18(23)20-12-13-8-10-14(24-2)11-9-13/h4-11,17H,3,12H2,1-2H3,(H,20,23)(H,21,22). The third-order valence-electron chi connectivity index (χ3n) is 3.91. The van der Waals surface area contributed by atoms with Gasteiger partial charge in [-0.25, -0.2) is 4.98 Å². The average molecular weight is 355 g/mol. The molecule has 0 bridgehead atoms. The van der Waals surface area contributed by atoms with Crippen LogP contribution < -0.4 is 10.1 Å². The van der Waals surface area contributed by atoms with Crippen LogP contribution in [0, 0.1) is 0 Å². The fourth-order valence-electron chi connectivity index (χ4n) is 2.49. The largest absolute Gasteiger partial charge is 0.497 e. The molecule has 3 aromatic rings. The zero-order valence-corrected chi connectivity index (χ0v) is 15.1. The molecule has 1 heterocycles. The van der Waals surface area contributed by atoms with E-state index < -0.39 is 0 Å². The zero-order valence-electron chi connectivity index (χ0n) is 14.3. The first-order valence-electron chi connectivity index (χ1n) is 8.21. The number of amides is 1. The van der Waals surface area contributed by atoms with E-state index in [-0.39, 0.29) is 11.2 Å². The first kappa shape index (κ1) is 17.4. The normalized spacial score (nSPS) is 12.1. The highest BCUT2D eigenvalue weighted by Crippen LogP contribution is 2.25. The summed E-state index contributed by atoms with van der Waals surface area (Å²) in [6, 6.07) is 15.5. The van der Waals surface area contributed by atoms with E-state index in [1.807, 2.05) is 55.5 Å². The van der Waals surface area contributed by atoms with Crippen molar-refractivity contribution in [3.05, 3.63) is 54.1 Å². The van der Waals surface area contributed by atoms with Gasteiger partial charge in [0, 0.05) is 6.54 Å². The number of nitrogens with one attached hydrogen (secondary N) is 2. The van der Waals surface area contributed by atoms with Crippen LogP contribution in [0.5, 0.6) is 5.75 Å². The summed E-state index contributed by atoms with van der Waals surface area (Å²) in [5.74, 6) is 0.825. The highest BCUT2D eigenvalue weighted by molar-refractivity contribution is 8.00. The lowest BCUT2D eigenvalue weighted by atomic mass is 10.2. The molecule has 2 N–H and O–H groups in total. The Bertz CT molecular complexity index is 812. The van der Waals surface area contributed by atoms with Crippen molar-refractivity contribution in [1.82, 2.24) is 15.3 Å². The van der Waals surface area contributed by atoms with E-state index in [0.717, 1.165) is 33.9 Å². The van der Waals surface area contributed by atoms with Gasteiger partial charge in [-0.15, -0.1) is 0 Å². The van der Waals surface area contributed by atoms with E-state index >= 15 is 0 Å². The van der Waals surface area contributed by atoms with Crippen LogP contribution in [0.15, 0.2) is 53.7 Å². The van der Waals surface area contributed by atoms with E-state index in [4.69, 9.17) is 4.74 Å². The molecule has 5 nitrogen and oxygen atoms in total. The molecular weight excluding hydrogens is 334 g/mol. The van der Waals surface area contributed by atoms with Gasteiger partial charge in [0.1, 0.15) is 5.75 Å². The molecule has 0 aliphatic heterocycles. The maximum Gasteiger partial charge on any atom is 0.233 e. The number of ether oxygens (including phenoxy) is 1. The third kappa shape index (κ3) is 4.33. The Morgan fingerprint density at radius 2 is 2.00 bits per heavy atom. The summed E-state index contributed by atoms with van der Waals surface area (Å²) in [5.41, 5.74) is 2.94. The molecule has 0 saturated carbocycles. The summed E-state index contributed by atoms with van der Waals surface area (Å²) in [7, 11) is 1.64. The summed E-state index contributed by atoms with van der Waals surface area (Å²) < 4.78 is 5.14. The van der Waals surface area contributed by atoms with Crippen LogP contribution in [-0.2, 0) is 11.3 Å². The Kier molecular flexibility index (Phi) is 5.60. The molecule has 1 aromatic heterocycles. The Morgan fingerprint density at radius 1 is 1.24 bits per heavy atom. The Labute approximate surface area is 151 Å². The molecule has 0 spiro atoms. The number of aromatic amines is 1. The topological polar surface area (TPSA) is 67.0 Å². The number of thioether (sulfide) groups is 1. The fraction of sp³-hybridized carbons (Fsp3) is 0.263. The van der Waals surface area contributed by atoms with Gasteiger partial charge < -0.3 is 15.0 Å². The highest BCUT2D eigenvalue weighted by Gasteiger charge is 2.19. The van der Waals surface area contributed by atoms with Crippen molar-refractivity contribution >= 4 is 28.7 Å². The molecule has 1 unspecified atom stereocenters. The summed E-state index contributed by atoms with van der Waals surface area (Å²) in [6.07, 6.45) is 0.732. The van der Waals surface area contributed by atoms with E-state index in [2.05, 4.69) is 15.3 Å². The van der Waals surface area contributed by atoms with Gasteiger partial charge in [-0.1, -0.05) is 43.0 Å². The SMILES string of the molecule is CCC(Sc1nc2ccccc2[nH]1)C(=O)NCc1ccc(OC)cc1. The number of para-hydroxylation sites is 2. The van der Waals surface area contributed by atoms with Gasteiger partial charge in [0.25, 0.3) is 0 Å². The molecule has 1 amide bonds. The predicted octanol–water partition coefficient (Wildman–Crippen LogP) is 3.76. The number of methoxy groups -OCH3 is 1. The minimum atomic E-state index is -0.182. The van der Waals surface area contributed by atoms with Crippen LogP contribution in [0.25, 0.3) is 11.0 Å².